The molecule has 1 aromatic rings. The second kappa shape index (κ2) is 6.95. The Labute approximate surface area is 123 Å². The molecule has 1 atom stereocenters. The van der Waals surface area contributed by atoms with E-state index < -0.39 is 0 Å². The lowest BCUT2D eigenvalue weighted by atomic mass is 9.86. The van der Waals surface area contributed by atoms with Gasteiger partial charge in [-0.25, -0.2) is 0 Å². The SMILES string of the molecule is CCNC(c1c(OC)cccc1OC)C(C)(C)N(C)C. The number of hydrogen-bond donors (Lipinski definition) is 1. The molecular formula is C16H28N2O2. The Morgan fingerprint density at radius 1 is 1.15 bits per heavy atom. The van der Waals surface area contributed by atoms with Crippen molar-refractivity contribution in [2.45, 2.75) is 32.4 Å². The Morgan fingerprint density at radius 2 is 1.65 bits per heavy atom. The van der Waals surface area contributed by atoms with Gasteiger partial charge in [-0.15, -0.1) is 0 Å². The molecule has 0 aliphatic heterocycles. The van der Waals surface area contributed by atoms with Gasteiger partial charge in [0.15, 0.2) is 0 Å². The van der Waals surface area contributed by atoms with E-state index in [1.807, 2.05) is 18.2 Å². The van der Waals surface area contributed by atoms with Crippen molar-refractivity contribution in [1.29, 1.82) is 0 Å². The Balaban J connectivity index is 3.41. The Hall–Kier alpha value is -1.26. The van der Waals surface area contributed by atoms with Crippen LogP contribution in [-0.4, -0.2) is 45.3 Å². The molecular weight excluding hydrogens is 252 g/mol. The van der Waals surface area contributed by atoms with Gasteiger partial charge in [0.1, 0.15) is 11.5 Å². The summed E-state index contributed by atoms with van der Waals surface area (Å²) in [6.07, 6.45) is 0. The molecule has 0 bridgehead atoms. The summed E-state index contributed by atoms with van der Waals surface area (Å²) in [5, 5.41) is 3.57. The molecule has 4 nitrogen and oxygen atoms in total. The van der Waals surface area contributed by atoms with E-state index in [9.17, 15) is 0 Å². The van der Waals surface area contributed by atoms with E-state index in [2.05, 4.69) is 45.1 Å². The highest BCUT2D eigenvalue weighted by Crippen LogP contribution is 2.40. The van der Waals surface area contributed by atoms with Crippen molar-refractivity contribution in [3.8, 4) is 11.5 Å². The molecule has 1 N–H and O–H groups in total. The molecule has 0 aromatic heterocycles. The van der Waals surface area contributed by atoms with E-state index in [1.54, 1.807) is 14.2 Å². The van der Waals surface area contributed by atoms with Crippen LogP contribution in [0.15, 0.2) is 18.2 Å². The fourth-order valence-corrected chi connectivity index (χ4v) is 2.33. The number of hydrogen-bond acceptors (Lipinski definition) is 4. The average molecular weight is 280 g/mol. The van der Waals surface area contributed by atoms with Crippen molar-refractivity contribution in [3.05, 3.63) is 23.8 Å². The maximum absolute atomic E-state index is 5.55. The fraction of sp³-hybridized carbons (Fsp3) is 0.625. The number of ether oxygens (including phenoxy) is 2. The third kappa shape index (κ3) is 3.25. The first kappa shape index (κ1) is 16.8. The molecule has 0 aliphatic carbocycles. The highest BCUT2D eigenvalue weighted by atomic mass is 16.5. The normalized spacial score (nSPS) is 13.4. The van der Waals surface area contributed by atoms with Crippen LogP contribution in [0.3, 0.4) is 0 Å². The molecule has 0 radical (unpaired) electrons. The van der Waals surface area contributed by atoms with Gasteiger partial charge in [0.2, 0.25) is 0 Å². The summed E-state index contributed by atoms with van der Waals surface area (Å²) in [4.78, 5) is 2.21. The van der Waals surface area contributed by atoms with Crippen LogP contribution in [-0.2, 0) is 0 Å². The highest BCUT2D eigenvalue weighted by Gasteiger charge is 2.36. The van der Waals surface area contributed by atoms with Crippen molar-refractivity contribution in [2.24, 2.45) is 0 Å². The second-order valence-electron chi connectivity index (χ2n) is 5.61. The predicted octanol–water partition coefficient (Wildman–Crippen LogP) is 2.69. The minimum Gasteiger partial charge on any atom is -0.496 e. The molecule has 0 aliphatic rings. The molecule has 0 saturated heterocycles. The maximum Gasteiger partial charge on any atom is 0.127 e. The molecule has 0 saturated carbocycles. The van der Waals surface area contributed by atoms with Gasteiger partial charge in [-0.05, 0) is 46.6 Å². The third-order valence-electron chi connectivity index (χ3n) is 4.02. The second-order valence-corrected chi connectivity index (χ2v) is 5.61. The first-order chi connectivity index (χ1) is 9.39. The summed E-state index contributed by atoms with van der Waals surface area (Å²) in [5.74, 6) is 1.70. The molecule has 1 rings (SSSR count). The minimum absolute atomic E-state index is 0.0854. The molecule has 114 valence electrons. The van der Waals surface area contributed by atoms with Gasteiger partial charge in [-0.1, -0.05) is 13.0 Å². The van der Waals surface area contributed by atoms with E-state index in [4.69, 9.17) is 9.47 Å². The standard InChI is InChI=1S/C16H28N2O2/c1-8-17-15(16(2,3)18(4)5)14-12(19-6)10-9-11-13(14)20-7/h9-11,15,17H,8H2,1-7H3. The molecule has 20 heavy (non-hydrogen) atoms. The first-order valence-corrected chi connectivity index (χ1v) is 7.01. The van der Waals surface area contributed by atoms with Crippen LogP contribution in [0.1, 0.15) is 32.4 Å². The van der Waals surface area contributed by atoms with Gasteiger partial charge >= 0.3 is 0 Å². The number of methoxy groups -OCH3 is 2. The topological polar surface area (TPSA) is 33.7 Å². The van der Waals surface area contributed by atoms with Crippen LogP contribution >= 0.6 is 0 Å². The molecule has 1 unspecified atom stereocenters. The number of benzene rings is 1. The van der Waals surface area contributed by atoms with Crippen LogP contribution in [0, 0.1) is 0 Å². The van der Waals surface area contributed by atoms with Crippen molar-refractivity contribution < 1.29 is 9.47 Å². The van der Waals surface area contributed by atoms with Gasteiger partial charge in [0.05, 0.1) is 25.8 Å². The van der Waals surface area contributed by atoms with Crippen LogP contribution in [0.2, 0.25) is 0 Å². The number of nitrogens with zero attached hydrogens (tertiary/aromatic N) is 1. The summed E-state index contributed by atoms with van der Waals surface area (Å²) in [6.45, 7) is 7.42. The number of likely N-dealkylation sites (N-methyl/N-ethyl adjacent to an activating group) is 2. The van der Waals surface area contributed by atoms with Crippen LogP contribution in [0.4, 0.5) is 0 Å². The lowest BCUT2D eigenvalue weighted by Gasteiger charge is -2.41. The van der Waals surface area contributed by atoms with E-state index in [0.717, 1.165) is 23.6 Å². The van der Waals surface area contributed by atoms with Crippen LogP contribution in [0.5, 0.6) is 11.5 Å². The van der Waals surface area contributed by atoms with E-state index in [0.29, 0.717) is 0 Å². The zero-order chi connectivity index (χ0) is 15.3. The van der Waals surface area contributed by atoms with Crippen molar-refractivity contribution in [3.63, 3.8) is 0 Å². The van der Waals surface area contributed by atoms with Crippen LogP contribution < -0.4 is 14.8 Å². The molecule has 4 heteroatoms. The van der Waals surface area contributed by atoms with Gasteiger partial charge in [-0.2, -0.15) is 0 Å². The molecule has 1 aromatic carbocycles. The third-order valence-corrected chi connectivity index (χ3v) is 4.02. The maximum atomic E-state index is 5.55. The lowest BCUT2D eigenvalue weighted by Crippen LogP contribution is -2.49. The summed E-state index contributed by atoms with van der Waals surface area (Å²) in [5.41, 5.74) is 0.982. The summed E-state index contributed by atoms with van der Waals surface area (Å²) in [6, 6.07) is 6.02. The number of rotatable bonds is 7. The van der Waals surface area contributed by atoms with Crippen molar-refractivity contribution >= 4 is 0 Å². The summed E-state index contributed by atoms with van der Waals surface area (Å²) < 4.78 is 11.1. The largest absolute Gasteiger partial charge is 0.496 e. The zero-order valence-electron chi connectivity index (χ0n) is 13.8. The van der Waals surface area contributed by atoms with Crippen molar-refractivity contribution in [2.75, 3.05) is 34.9 Å². The molecule has 0 heterocycles. The smallest absolute Gasteiger partial charge is 0.127 e. The minimum atomic E-state index is -0.0854. The fourth-order valence-electron chi connectivity index (χ4n) is 2.33. The predicted molar refractivity (Wildman–Crippen MR) is 83.7 cm³/mol. The summed E-state index contributed by atoms with van der Waals surface area (Å²) in [7, 11) is 7.58. The Bertz CT molecular complexity index is 408. The quantitative estimate of drug-likeness (QED) is 0.832. The number of nitrogens with one attached hydrogen (secondary N) is 1. The molecule has 0 amide bonds. The van der Waals surface area contributed by atoms with Gasteiger partial charge in [-0.3, -0.25) is 0 Å². The Kier molecular flexibility index (Phi) is 5.84. The highest BCUT2D eigenvalue weighted by molar-refractivity contribution is 5.48. The zero-order valence-corrected chi connectivity index (χ0v) is 13.8. The Morgan fingerprint density at radius 3 is 2.00 bits per heavy atom. The first-order valence-electron chi connectivity index (χ1n) is 7.01. The van der Waals surface area contributed by atoms with E-state index in [1.165, 1.54) is 0 Å². The molecule has 0 spiro atoms. The molecule has 0 fully saturated rings. The van der Waals surface area contributed by atoms with Crippen molar-refractivity contribution in [1.82, 2.24) is 10.2 Å². The van der Waals surface area contributed by atoms with Gasteiger partial charge in [0, 0.05) is 5.54 Å². The van der Waals surface area contributed by atoms with E-state index in [-0.39, 0.29) is 11.6 Å². The van der Waals surface area contributed by atoms with Gasteiger partial charge in [0.25, 0.3) is 0 Å². The van der Waals surface area contributed by atoms with E-state index >= 15 is 0 Å². The average Bonchev–Trinajstić information content (AvgIpc) is 2.43. The monoisotopic (exact) mass is 280 g/mol. The van der Waals surface area contributed by atoms with Gasteiger partial charge < -0.3 is 19.7 Å². The lowest BCUT2D eigenvalue weighted by molar-refractivity contribution is 0.135. The summed E-state index contributed by atoms with van der Waals surface area (Å²) >= 11 is 0. The van der Waals surface area contributed by atoms with Crippen LogP contribution in [0.25, 0.3) is 0 Å².